The van der Waals surface area contributed by atoms with E-state index in [9.17, 15) is 10.2 Å². The Balaban J connectivity index is 2.94. The number of rotatable bonds is 1. The lowest BCUT2D eigenvalue weighted by atomic mass is 9.95. The van der Waals surface area contributed by atoms with Crippen molar-refractivity contribution in [1.82, 2.24) is 0 Å². The van der Waals surface area contributed by atoms with Gasteiger partial charge in [0.2, 0.25) is 0 Å². The molecular weight excluding hydrogens is 166 g/mol. The van der Waals surface area contributed by atoms with Crippen molar-refractivity contribution in [2.24, 2.45) is 5.73 Å². The van der Waals surface area contributed by atoms with Crippen molar-refractivity contribution in [3.8, 4) is 0 Å². The quantitative estimate of drug-likeness (QED) is 0.232. The van der Waals surface area contributed by atoms with Gasteiger partial charge in [-0.15, -0.1) is 0 Å². The summed E-state index contributed by atoms with van der Waals surface area (Å²) in [5, 5.41) is 45.6. The van der Waals surface area contributed by atoms with Crippen LogP contribution in [-0.4, -0.2) is 55.7 Å². The highest BCUT2D eigenvalue weighted by molar-refractivity contribution is 5.10. The summed E-state index contributed by atoms with van der Waals surface area (Å²) < 4.78 is 0. The first-order valence-corrected chi connectivity index (χ1v) is 3.56. The average Bonchev–Trinajstić information content (AvgIpc) is 2.14. The van der Waals surface area contributed by atoms with E-state index in [1.54, 1.807) is 0 Å². The summed E-state index contributed by atoms with van der Waals surface area (Å²) in [7, 11) is 0. The SMILES string of the molecule is NC1(O)C(O)C(O)CC1(O)CO. The van der Waals surface area contributed by atoms with Crippen molar-refractivity contribution >= 4 is 0 Å². The molecule has 6 heteroatoms. The molecule has 1 aliphatic carbocycles. The molecule has 0 aromatic carbocycles. The molecule has 1 fully saturated rings. The van der Waals surface area contributed by atoms with Gasteiger partial charge in [0.25, 0.3) is 0 Å². The lowest BCUT2D eigenvalue weighted by Crippen LogP contribution is -2.64. The van der Waals surface area contributed by atoms with Crippen LogP contribution in [-0.2, 0) is 0 Å². The summed E-state index contributed by atoms with van der Waals surface area (Å²) >= 11 is 0. The normalized spacial score (nSPS) is 54.5. The fourth-order valence-electron chi connectivity index (χ4n) is 1.38. The number of hydrogen-bond acceptors (Lipinski definition) is 6. The van der Waals surface area contributed by atoms with E-state index >= 15 is 0 Å². The van der Waals surface area contributed by atoms with Crippen LogP contribution in [0, 0.1) is 0 Å². The van der Waals surface area contributed by atoms with Crippen molar-refractivity contribution in [2.75, 3.05) is 6.61 Å². The second kappa shape index (κ2) is 2.63. The van der Waals surface area contributed by atoms with Crippen LogP contribution in [0.15, 0.2) is 0 Å². The first kappa shape index (κ1) is 9.85. The first-order valence-electron chi connectivity index (χ1n) is 3.56. The molecule has 6 nitrogen and oxygen atoms in total. The van der Waals surface area contributed by atoms with Crippen LogP contribution in [0.5, 0.6) is 0 Å². The highest BCUT2D eigenvalue weighted by Gasteiger charge is 2.60. The molecule has 0 bridgehead atoms. The van der Waals surface area contributed by atoms with Gasteiger partial charge in [-0.05, 0) is 0 Å². The van der Waals surface area contributed by atoms with Gasteiger partial charge in [0.1, 0.15) is 11.7 Å². The predicted octanol–water partition coefficient (Wildman–Crippen LogP) is -3.52. The predicted molar refractivity (Wildman–Crippen MR) is 37.8 cm³/mol. The van der Waals surface area contributed by atoms with Gasteiger partial charge in [0, 0.05) is 6.42 Å². The molecule has 0 spiro atoms. The summed E-state index contributed by atoms with van der Waals surface area (Å²) in [6.07, 6.45) is -3.32. The molecule has 0 saturated heterocycles. The second-order valence-corrected chi connectivity index (χ2v) is 3.23. The Morgan fingerprint density at radius 2 is 1.83 bits per heavy atom. The Labute approximate surface area is 68.9 Å². The van der Waals surface area contributed by atoms with Crippen LogP contribution in [0.25, 0.3) is 0 Å². The van der Waals surface area contributed by atoms with Gasteiger partial charge in [0.15, 0.2) is 5.72 Å². The highest BCUT2D eigenvalue weighted by Crippen LogP contribution is 2.35. The van der Waals surface area contributed by atoms with Crippen molar-refractivity contribution in [2.45, 2.75) is 30.0 Å². The largest absolute Gasteiger partial charge is 0.393 e. The van der Waals surface area contributed by atoms with E-state index in [1.165, 1.54) is 0 Å². The molecule has 4 unspecified atom stereocenters. The topological polar surface area (TPSA) is 127 Å². The maximum Gasteiger partial charge on any atom is 0.173 e. The zero-order valence-electron chi connectivity index (χ0n) is 6.38. The maximum atomic E-state index is 9.42. The summed E-state index contributed by atoms with van der Waals surface area (Å²) in [5.41, 5.74) is 0.740. The van der Waals surface area contributed by atoms with E-state index < -0.39 is 30.1 Å². The minimum absolute atomic E-state index is 0.350. The summed E-state index contributed by atoms with van der Waals surface area (Å²) in [5.74, 6) is 0. The van der Waals surface area contributed by atoms with Gasteiger partial charge in [0.05, 0.1) is 12.7 Å². The fraction of sp³-hybridized carbons (Fsp3) is 1.00. The van der Waals surface area contributed by atoms with E-state index in [0.29, 0.717) is 0 Å². The van der Waals surface area contributed by atoms with E-state index in [4.69, 9.17) is 21.1 Å². The number of nitrogens with two attached hydrogens (primary N) is 1. The summed E-state index contributed by atoms with van der Waals surface area (Å²) in [6.45, 7) is -0.811. The molecule has 1 aliphatic rings. The Kier molecular flexibility index (Phi) is 2.15. The lowest BCUT2D eigenvalue weighted by Gasteiger charge is -2.34. The molecule has 0 amide bonds. The van der Waals surface area contributed by atoms with Gasteiger partial charge in [-0.3, -0.25) is 5.73 Å². The lowest BCUT2D eigenvalue weighted by molar-refractivity contribution is -0.183. The molecule has 1 saturated carbocycles. The smallest absolute Gasteiger partial charge is 0.173 e. The van der Waals surface area contributed by atoms with E-state index in [-0.39, 0.29) is 6.42 Å². The van der Waals surface area contributed by atoms with Crippen LogP contribution >= 0.6 is 0 Å². The highest BCUT2D eigenvalue weighted by atomic mass is 16.4. The Morgan fingerprint density at radius 3 is 2.00 bits per heavy atom. The van der Waals surface area contributed by atoms with E-state index in [2.05, 4.69) is 0 Å². The molecule has 12 heavy (non-hydrogen) atoms. The van der Waals surface area contributed by atoms with Crippen LogP contribution in [0.4, 0.5) is 0 Å². The molecule has 0 aliphatic heterocycles. The second-order valence-electron chi connectivity index (χ2n) is 3.23. The Morgan fingerprint density at radius 1 is 1.33 bits per heavy atom. The van der Waals surface area contributed by atoms with Gasteiger partial charge in [-0.2, -0.15) is 0 Å². The Hall–Kier alpha value is -0.240. The van der Waals surface area contributed by atoms with Gasteiger partial charge < -0.3 is 25.5 Å². The van der Waals surface area contributed by atoms with Gasteiger partial charge in [-0.1, -0.05) is 0 Å². The van der Waals surface area contributed by atoms with E-state index in [1.807, 2.05) is 0 Å². The monoisotopic (exact) mass is 179 g/mol. The zero-order valence-corrected chi connectivity index (χ0v) is 6.38. The van der Waals surface area contributed by atoms with Crippen LogP contribution in [0.3, 0.4) is 0 Å². The molecule has 0 heterocycles. The van der Waals surface area contributed by atoms with Crippen LogP contribution < -0.4 is 5.73 Å². The molecule has 0 radical (unpaired) electrons. The fourth-order valence-corrected chi connectivity index (χ4v) is 1.38. The minimum atomic E-state index is -2.36. The van der Waals surface area contributed by atoms with Crippen LogP contribution in [0.2, 0.25) is 0 Å². The van der Waals surface area contributed by atoms with Gasteiger partial charge in [-0.25, -0.2) is 0 Å². The molecule has 0 aromatic rings. The zero-order chi connectivity index (χ0) is 9.57. The maximum absolute atomic E-state index is 9.42. The summed E-state index contributed by atoms with van der Waals surface area (Å²) in [6, 6.07) is 0. The van der Waals surface area contributed by atoms with Crippen molar-refractivity contribution in [3.05, 3.63) is 0 Å². The molecule has 72 valence electrons. The third-order valence-electron chi connectivity index (χ3n) is 2.37. The first-order chi connectivity index (χ1) is 5.35. The molecular formula is C6H13NO5. The van der Waals surface area contributed by atoms with Gasteiger partial charge >= 0.3 is 0 Å². The van der Waals surface area contributed by atoms with Crippen molar-refractivity contribution < 1.29 is 25.5 Å². The third kappa shape index (κ3) is 1.05. The molecule has 4 atom stereocenters. The number of hydrogen-bond donors (Lipinski definition) is 6. The molecule has 1 rings (SSSR count). The standard InChI is InChI=1S/C6H13NO5/c7-6(12)4(10)3(9)1-5(6,11)2-8/h3-4,8-12H,1-2,7H2. The van der Waals surface area contributed by atoms with E-state index in [0.717, 1.165) is 0 Å². The Bertz CT molecular complexity index is 182. The third-order valence-corrected chi connectivity index (χ3v) is 2.37. The minimum Gasteiger partial charge on any atom is -0.393 e. The van der Waals surface area contributed by atoms with Crippen LogP contribution in [0.1, 0.15) is 6.42 Å². The molecule has 7 N–H and O–H groups in total. The van der Waals surface area contributed by atoms with Crippen molar-refractivity contribution in [3.63, 3.8) is 0 Å². The molecule has 0 aromatic heterocycles. The van der Waals surface area contributed by atoms with Crippen molar-refractivity contribution in [1.29, 1.82) is 0 Å². The summed E-state index contributed by atoms with van der Waals surface area (Å²) in [4.78, 5) is 0. The number of aliphatic hydroxyl groups excluding tert-OH is 3. The number of aliphatic hydroxyl groups is 5. The average molecular weight is 179 g/mol.